The van der Waals surface area contributed by atoms with E-state index in [0.717, 1.165) is 38.8 Å². The van der Waals surface area contributed by atoms with Crippen molar-refractivity contribution < 1.29 is 13.6 Å². The molecule has 4 heteroatoms. The van der Waals surface area contributed by atoms with Gasteiger partial charge in [0.2, 0.25) is 0 Å². The van der Waals surface area contributed by atoms with Gasteiger partial charge < -0.3 is 13.6 Å². The number of hydrogen-bond donors (Lipinski definition) is 0. The van der Waals surface area contributed by atoms with Crippen LogP contribution in [0, 0.1) is 0 Å². The first-order valence-electron chi connectivity index (χ1n) is 8.92. The van der Waals surface area contributed by atoms with E-state index in [2.05, 4.69) is 0 Å². The van der Waals surface area contributed by atoms with Gasteiger partial charge in [0, 0.05) is 28.5 Å². The van der Waals surface area contributed by atoms with E-state index >= 15 is 0 Å². The van der Waals surface area contributed by atoms with Crippen molar-refractivity contribution in [1.82, 2.24) is 0 Å². The first kappa shape index (κ1) is 16.4. The second kappa shape index (κ2) is 6.43. The fourth-order valence-electron chi connectivity index (χ4n) is 3.53. The Labute approximate surface area is 160 Å². The van der Waals surface area contributed by atoms with Gasteiger partial charge in [-0.3, -0.25) is 0 Å². The third kappa shape index (κ3) is 2.67. The van der Waals surface area contributed by atoms with Crippen molar-refractivity contribution in [3.05, 3.63) is 89.5 Å². The largest absolute Gasteiger partial charge is 0.497 e. The van der Waals surface area contributed by atoms with Crippen LogP contribution in [-0.2, 0) is 0 Å². The van der Waals surface area contributed by atoms with Crippen LogP contribution in [0.15, 0.2) is 92.7 Å². The zero-order valence-corrected chi connectivity index (χ0v) is 15.1. The van der Waals surface area contributed by atoms with Crippen LogP contribution in [-0.4, -0.2) is 7.11 Å². The van der Waals surface area contributed by atoms with Crippen LogP contribution in [0.3, 0.4) is 0 Å². The lowest BCUT2D eigenvalue weighted by molar-refractivity contribution is 0.415. The predicted molar refractivity (Wildman–Crippen MR) is 110 cm³/mol. The smallest absolute Gasteiger partial charge is 0.336 e. The van der Waals surface area contributed by atoms with Gasteiger partial charge in [0.15, 0.2) is 0 Å². The van der Waals surface area contributed by atoms with Crippen LogP contribution in [0.4, 0.5) is 0 Å². The van der Waals surface area contributed by atoms with Crippen LogP contribution in [0.5, 0.6) is 5.75 Å². The average Bonchev–Trinajstić information content (AvgIpc) is 3.15. The Balaban J connectivity index is 1.78. The fraction of sp³-hybridized carbons (Fsp3) is 0.0417. The molecule has 0 bridgehead atoms. The Morgan fingerprint density at radius 3 is 2.21 bits per heavy atom. The van der Waals surface area contributed by atoms with Gasteiger partial charge in [-0.2, -0.15) is 0 Å². The third-order valence-corrected chi connectivity index (χ3v) is 4.92. The number of fused-ring (bicyclic) bond motifs is 2. The van der Waals surface area contributed by atoms with Gasteiger partial charge in [-0.25, -0.2) is 4.79 Å². The lowest BCUT2D eigenvalue weighted by atomic mass is 9.98. The topological polar surface area (TPSA) is 52.6 Å². The molecule has 0 saturated carbocycles. The van der Waals surface area contributed by atoms with Crippen molar-refractivity contribution in [2.75, 3.05) is 7.11 Å². The van der Waals surface area contributed by atoms with E-state index in [-0.39, 0.29) is 5.63 Å². The molecule has 136 valence electrons. The number of rotatable bonds is 3. The molecule has 5 aromatic rings. The molecule has 0 saturated heterocycles. The van der Waals surface area contributed by atoms with E-state index in [0.29, 0.717) is 11.2 Å². The highest BCUT2D eigenvalue weighted by atomic mass is 16.5. The maximum Gasteiger partial charge on any atom is 0.336 e. The second-order valence-electron chi connectivity index (χ2n) is 6.57. The monoisotopic (exact) mass is 368 g/mol. The summed E-state index contributed by atoms with van der Waals surface area (Å²) in [6.07, 6.45) is 1.73. The molecule has 0 radical (unpaired) electrons. The summed E-state index contributed by atoms with van der Waals surface area (Å²) >= 11 is 0. The Hall–Kier alpha value is -3.79. The first-order valence-corrected chi connectivity index (χ1v) is 8.92. The SMILES string of the molecule is COc1ccc(-c2coc3cc4oc(=O)cc(-c5ccccc5)c4cc23)cc1. The van der Waals surface area contributed by atoms with E-state index in [4.69, 9.17) is 13.6 Å². The summed E-state index contributed by atoms with van der Waals surface area (Å²) in [5.41, 5.74) is 4.61. The molecular formula is C24H16O4. The second-order valence-corrected chi connectivity index (χ2v) is 6.57. The number of ether oxygens (including phenoxy) is 1. The average molecular weight is 368 g/mol. The lowest BCUT2D eigenvalue weighted by Gasteiger charge is -2.07. The zero-order chi connectivity index (χ0) is 19.1. The number of hydrogen-bond acceptors (Lipinski definition) is 4. The van der Waals surface area contributed by atoms with Crippen molar-refractivity contribution in [2.24, 2.45) is 0 Å². The molecule has 5 rings (SSSR count). The van der Waals surface area contributed by atoms with E-state index in [9.17, 15) is 4.79 Å². The van der Waals surface area contributed by atoms with Gasteiger partial charge in [-0.15, -0.1) is 0 Å². The van der Waals surface area contributed by atoms with Gasteiger partial charge in [0.05, 0.1) is 13.4 Å². The summed E-state index contributed by atoms with van der Waals surface area (Å²) in [6, 6.07) is 23.0. The summed E-state index contributed by atoms with van der Waals surface area (Å²) in [5, 5.41) is 1.83. The van der Waals surface area contributed by atoms with Crippen molar-refractivity contribution in [3.8, 4) is 28.0 Å². The highest BCUT2D eigenvalue weighted by Gasteiger charge is 2.14. The minimum Gasteiger partial charge on any atom is -0.497 e. The molecule has 0 aliphatic rings. The van der Waals surface area contributed by atoms with Crippen LogP contribution in [0.2, 0.25) is 0 Å². The first-order chi connectivity index (χ1) is 13.7. The van der Waals surface area contributed by atoms with E-state index in [1.807, 2.05) is 60.7 Å². The highest BCUT2D eigenvalue weighted by molar-refractivity contribution is 6.05. The molecule has 0 N–H and O–H groups in total. The molecule has 2 aromatic heterocycles. The van der Waals surface area contributed by atoms with Crippen LogP contribution < -0.4 is 10.4 Å². The van der Waals surface area contributed by atoms with E-state index in [1.54, 1.807) is 19.4 Å². The van der Waals surface area contributed by atoms with Crippen molar-refractivity contribution >= 4 is 21.9 Å². The van der Waals surface area contributed by atoms with Gasteiger partial charge in [-0.1, -0.05) is 42.5 Å². The Morgan fingerprint density at radius 2 is 1.46 bits per heavy atom. The Kier molecular flexibility index (Phi) is 3.76. The summed E-state index contributed by atoms with van der Waals surface area (Å²) < 4.78 is 16.4. The number of furan rings is 1. The molecule has 0 aliphatic heterocycles. The standard InChI is InChI=1S/C24H16O4/c1-26-17-9-7-16(8-10-17)21-14-27-22-13-23-19(11-20(21)22)18(12-24(25)28-23)15-5-3-2-4-6-15/h2-14H,1H3. The van der Waals surface area contributed by atoms with Gasteiger partial charge in [0.1, 0.15) is 16.9 Å². The maximum atomic E-state index is 12.1. The van der Waals surface area contributed by atoms with Crippen molar-refractivity contribution in [2.45, 2.75) is 0 Å². The van der Waals surface area contributed by atoms with E-state index < -0.39 is 0 Å². The Morgan fingerprint density at radius 1 is 0.750 bits per heavy atom. The summed E-state index contributed by atoms with van der Waals surface area (Å²) in [4.78, 5) is 12.1. The van der Waals surface area contributed by atoms with Crippen LogP contribution >= 0.6 is 0 Å². The van der Waals surface area contributed by atoms with E-state index in [1.165, 1.54) is 6.07 Å². The Bertz CT molecular complexity index is 1340. The van der Waals surface area contributed by atoms with Gasteiger partial charge >= 0.3 is 5.63 Å². The highest BCUT2D eigenvalue weighted by Crippen LogP contribution is 2.36. The van der Waals surface area contributed by atoms with Gasteiger partial charge in [-0.05, 0) is 34.9 Å². The molecule has 0 spiro atoms. The molecule has 4 nitrogen and oxygen atoms in total. The summed E-state index contributed by atoms with van der Waals surface area (Å²) in [6.45, 7) is 0. The number of benzene rings is 3. The maximum absolute atomic E-state index is 12.1. The number of methoxy groups -OCH3 is 1. The summed E-state index contributed by atoms with van der Waals surface area (Å²) in [5.74, 6) is 0.801. The molecule has 0 atom stereocenters. The molecule has 28 heavy (non-hydrogen) atoms. The molecular weight excluding hydrogens is 352 g/mol. The third-order valence-electron chi connectivity index (χ3n) is 4.92. The summed E-state index contributed by atoms with van der Waals surface area (Å²) in [7, 11) is 1.65. The minimum atomic E-state index is -0.382. The molecule has 0 unspecified atom stereocenters. The quantitative estimate of drug-likeness (QED) is 0.373. The minimum absolute atomic E-state index is 0.382. The van der Waals surface area contributed by atoms with Crippen molar-refractivity contribution in [1.29, 1.82) is 0 Å². The van der Waals surface area contributed by atoms with Crippen LogP contribution in [0.25, 0.3) is 44.2 Å². The molecule has 0 amide bonds. The predicted octanol–water partition coefficient (Wildman–Crippen LogP) is 5.88. The molecule has 0 aliphatic carbocycles. The fourth-order valence-corrected chi connectivity index (χ4v) is 3.53. The molecule has 0 fully saturated rings. The van der Waals surface area contributed by atoms with Crippen molar-refractivity contribution in [3.63, 3.8) is 0 Å². The molecule has 3 aromatic carbocycles. The molecule has 2 heterocycles. The normalized spacial score (nSPS) is 11.2. The van der Waals surface area contributed by atoms with Gasteiger partial charge in [0.25, 0.3) is 0 Å². The lowest BCUT2D eigenvalue weighted by Crippen LogP contribution is -1.98. The zero-order valence-electron chi connectivity index (χ0n) is 15.1. The van der Waals surface area contributed by atoms with Crippen LogP contribution in [0.1, 0.15) is 0 Å².